The molecule has 0 aromatic heterocycles. The van der Waals surface area contributed by atoms with Crippen molar-refractivity contribution in [3.05, 3.63) is 64.7 Å². The van der Waals surface area contributed by atoms with Crippen molar-refractivity contribution in [1.82, 2.24) is 5.43 Å². The van der Waals surface area contributed by atoms with E-state index in [-0.39, 0.29) is 5.91 Å². The highest BCUT2D eigenvalue weighted by Crippen LogP contribution is 2.11. The van der Waals surface area contributed by atoms with E-state index in [1.54, 1.807) is 11.1 Å². The highest BCUT2D eigenvalue weighted by atomic mass is 35.5. The lowest BCUT2D eigenvalue weighted by Crippen LogP contribution is -3.28. The number of nitrogens with zero attached hydrogens (tertiary/aromatic N) is 1. The molecule has 0 aliphatic carbocycles. The van der Waals surface area contributed by atoms with Crippen molar-refractivity contribution in [3.8, 4) is 5.75 Å². The largest absolute Gasteiger partial charge is 0.494 e. The Labute approximate surface area is 183 Å². The van der Waals surface area contributed by atoms with Crippen molar-refractivity contribution in [2.75, 3.05) is 39.3 Å². The van der Waals surface area contributed by atoms with E-state index in [9.17, 15) is 4.79 Å². The zero-order chi connectivity index (χ0) is 21.2. The Balaban J connectivity index is 1.35. The quantitative estimate of drug-likeness (QED) is 0.402. The first-order chi connectivity index (χ1) is 14.6. The van der Waals surface area contributed by atoms with Gasteiger partial charge in [-0.25, -0.2) is 5.43 Å². The number of quaternary nitrogens is 2. The molecule has 30 heavy (non-hydrogen) atoms. The van der Waals surface area contributed by atoms with Crippen LogP contribution in [0.15, 0.2) is 53.6 Å². The van der Waals surface area contributed by atoms with E-state index >= 15 is 0 Å². The first kappa shape index (κ1) is 22.3. The molecule has 3 rings (SSSR count). The van der Waals surface area contributed by atoms with Gasteiger partial charge in [0.25, 0.3) is 5.91 Å². The predicted octanol–water partition coefficient (Wildman–Crippen LogP) is 0.563. The Hall–Kier alpha value is -2.41. The summed E-state index contributed by atoms with van der Waals surface area (Å²) in [5, 5.41) is 4.85. The average molecular weight is 431 g/mol. The third kappa shape index (κ3) is 7.44. The number of amides is 1. The first-order valence-corrected chi connectivity index (χ1v) is 11.0. The Kier molecular flexibility index (Phi) is 8.68. The summed E-state index contributed by atoms with van der Waals surface area (Å²) < 4.78 is 5.56. The molecule has 0 radical (unpaired) electrons. The summed E-state index contributed by atoms with van der Waals surface area (Å²) in [4.78, 5) is 15.0. The zero-order valence-corrected chi connectivity index (χ0v) is 18.3. The molecule has 0 unspecified atom stereocenters. The summed E-state index contributed by atoms with van der Waals surface area (Å²) in [5.41, 5.74) is 4.87. The molecule has 0 atom stereocenters. The molecule has 7 heteroatoms. The summed E-state index contributed by atoms with van der Waals surface area (Å²) in [6, 6.07) is 15.7. The van der Waals surface area contributed by atoms with Crippen LogP contribution in [0.2, 0.25) is 5.02 Å². The minimum atomic E-state index is -0.0506. The molecule has 3 N–H and O–H groups in total. The van der Waals surface area contributed by atoms with E-state index in [2.05, 4.69) is 29.6 Å². The van der Waals surface area contributed by atoms with Crippen LogP contribution in [-0.4, -0.2) is 51.5 Å². The van der Waals surface area contributed by atoms with Crippen molar-refractivity contribution < 1.29 is 19.3 Å². The van der Waals surface area contributed by atoms with Gasteiger partial charge in [-0.05, 0) is 48.4 Å². The summed E-state index contributed by atoms with van der Waals surface area (Å²) in [6.07, 6.45) is 2.64. The molecule has 0 saturated carbocycles. The lowest BCUT2D eigenvalue weighted by molar-refractivity contribution is -1.02. The third-order valence-corrected chi connectivity index (χ3v) is 5.45. The SMILES string of the molecule is CCCOc1ccc(/C=N\NC(=O)C[NH+]2CC[NH+](Cc3ccc(Cl)cc3)CC2)cc1. The van der Waals surface area contributed by atoms with Crippen molar-refractivity contribution in [3.63, 3.8) is 0 Å². The van der Waals surface area contributed by atoms with E-state index in [1.165, 1.54) is 10.5 Å². The minimum Gasteiger partial charge on any atom is -0.494 e. The second-order valence-corrected chi connectivity index (χ2v) is 8.13. The lowest BCUT2D eigenvalue weighted by Gasteiger charge is -2.29. The van der Waals surface area contributed by atoms with Crippen LogP contribution in [-0.2, 0) is 11.3 Å². The number of piperazine rings is 1. The van der Waals surface area contributed by atoms with Crippen molar-refractivity contribution >= 4 is 23.7 Å². The van der Waals surface area contributed by atoms with Crippen LogP contribution in [0, 0.1) is 0 Å². The van der Waals surface area contributed by atoms with Gasteiger partial charge >= 0.3 is 0 Å². The van der Waals surface area contributed by atoms with Crippen LogP contribution < -0.4 is 20.0 Å². The monoisotopic (exact) mass is 430 g/mol. The van der Waals surface area contributed by atoms with Crippen LogP contribution in [0.4, 0.5) is 0 Å². The number of benzene rings is 2. The number of carbonyl (C=O) groups excluding carboxylic acids is 1. The van der Waals surface area contributed by atoms with E-state index < -0.39 is 0 Å². The molecular weight excluding hydrogens is 400 g/mol. The highest BCUT2D eigenvalue weighted by molar-refractivity contribution is 6.30. The van der Waals surface area contributed by atoms with Crippen LogP contribution in [0.3, 0.4) is 0 Å². The van der Waals surface area contributed by atoms with Crippen LogP contribution in [0.25, 0.3) is 0 Å². The van der Waals surface area contributed by atoms with Crippen LogP contribution in [0.1, 0.15) is 24.5 Å². The van der Waals surface area contributed by atoms with Crippen molar-refractivity contribution in [1.29, 1.82) is 0 Å². The van der Waals surface area contributed by atoms with Gasteiger partial charge in [0, 0.05) is 10.6 Å². The Morgan fingerprint density at radius 1 is 1.07 bits per heavy atom. The Bertz CT molecular complexity index is 816. The van der Waals surface area contributed by atoms with Crippen molar-refractivity contribution in [2.24, 2.45) is 5.10 Å². The van der Waals surface area contributed by atoms with Gasteiger partial charge in [-0.1, -0.05) is 30.7 Å². The molecule has 2 aromatic carbocycles. The van der Waals surface area contributed by atoms with Gasteiger partial charge in [-0.2, -0.15) is 5.10 Å². The fourth-order valence-corrected chi connectivity index (χ4v) is 3.64. The van der Waals surface area contributed by atoms with E-state index in [0.29, 0.717) is 13.2 Å². The fraction of sp³-hybridized carbons (Fsp3) is 0.391. The highest BCUT2D eigenvalue weighted by Gasteiger charge is 2.24. The summed E-state index contributed by atoms with van der Waals surface area (Å²) in [5.74, 6) is 0.796. The van der Waals surface area contributed by atoms with Gasteiger partial charge in [0.1, 0.15) is 38.5 Å². The summed E-state index contributed by atoms with van der Waals surface area (Å²) >= 11 is 5.95. The molecule has 1 aliphatic rings. The van der Waals surface area contributed by atoms with Gasteiger partial charge in [0.2, 0.25) is 0 Å². The van der Waals surface area contributed by atoms with Gasteiger partial charge in [0.05, 0.1) is 12.8 Å². The van der Waals surface area contributed by atoms with Gasteiger partial charge in [-0.3, -0.25) is 4.79 Å². The smallest absolute Gasteiger partial charge is 0.295 e. The third-order valence-electron chi connectivity index (χ3n) is 5.20. The van der Waals surface area contributed by atoms with Gasteiger partial charge < -0.3 is 14.5 Å². The predicted molar refractivity (Wildman–Crippen MR) is 119 cm³/mol. The topological polar surface area (TPSA) is 59.6 Å². The molecule has 1 fully saturated rings. The molecule has 0 spiro atoms. The van der Waals surface area contributed by atoms with Crippen LogP contribution in [0.5, 0.6) is 5.75 Å². The maximum atomic E-state index is 12.2. The Morgan fingerprint density at radius 2 is 1.73 bits per heavy atom. The number of hydrazone groups is 1. The van der Waals surface area contributed by atoms with E-state index in [4.69, 9.17) is 16.3 Å². The second-order valence-electron chi connectivity index (χ2n) is 7.69. The molecule has 1 saturated heterocycles. The lowest BCUT2D eigenvalue weighted by atomic mass is 10.2. The van der Waals surface area contributed by atoms with Gasteiger partial charge in [0.15, 0.2) is 6.54 Å². The minimum absolute atomic E-state index is 0.0506. The summed E-state index contributed by atoms with van der Waals surface area (Å²) in [6.45, 7) is 8.33. The molecule has 1 amide bonds. The Morgan fingerprint density at radius 3 is 2.40 bits per heavy atom. The molecular formula is C23H31ClN4O2+2. The number of rotatable bonds is 9. The molecule has 1 aliphatic heterocycles. The maximum absolute atomic E-state index is 12.2. The normalized spacial score (nSPS) is 19.0. The number of carbonyl (C=O) groups is 1. The molecule has 1 heterocycles. The number of nitrogens with one attached hydrogen (secondary N) is 3. The molecule has 160 valence electrons. The van der Waals surface area contributed by atoms with Crippen molar-refractivity contribution in [2.45, 2.75) is 19.9 Å². The zero-order valence-electron chi connectivity index (χ0n) is 17.5. The van der Waals surface area contributed by atoms with Crippen LogP contribution >= 0.6 is 11.6 Å². The number of hydrogen-bond acceptors (Lipinski definition) is 3. The molecule has 2 aromatic rings. The average Bonchev–Trinajstić information content (AvgIpc) is 2.76. The number of halogens is 1. The second kappa shape index (κ2) is 11.7. The summed E-state index contributed by atoms with van der Waals surface area (Å²) in [7, 11) is 0. The molecule has 6 nitrogen and oxygen atoms in total. The number of ether oxygens (including phenoxy) is 1. The fourth-order valence-electron chi connectivity index (χ4n) is 3.52. The van der Waals surface area contributed by atoms with Gasteiger partial charge in [-0.15, -0.1) is 0 Å². The van der Waals surface area contributed by atoms with E-state index in [1.807, 2.05) is 36.4 Å². The standard InChI is InChI=1S/C23H29ClN4O2/c1-2-15-30-22-9-5-19(6-10-22)16-25-26-23(29)18-28-13-11-27(12-14-28)17-20-3-7-21(24)8-4-20/h3-10,16H,2,11-15,17-18H2,1H3,(H,26,29)/p+2/b25-16-. The number of hydrogen-bond donors (Lipinski definition) is 3. The molecule has 0 bridgehead atoms. The first-order valence-electron chi connectivity index (χ1n) is 10.6. The van der Waals surface area contributed by atoms with E-state index in [0.717, 1.165) is 55.5 Å². The maximum Gasteiger partial charge on any atom is 0.295 e.